The van der Waals surface area contributed by atoms with Gasteiger partial charge in [-0.25, -0.2) is 4.98 Å². The molecule has 0 saturated carbocycles. The molecule has 1 fully saturated rings. The number of ether oxygens (including phenoxy) is 1. The number of anilines is 1. The number of benzene rings is 2. The Hall–Kier alpha value is -1.47. The molecule has 27 heavy (non-hydrogen) atoms. The number of hydrogen-bond acceptors (Lipinski definition) is 4. The Morgan fingerprint density at radius 2 is 2.11 bits per heavy atom. The normalized spacial score (nSPS) is 16.8. The molecule has 4 nitrogen and oxygen atoms in total. The number of hydrogen-bond donors (Lipinski definition) is 0. The zero-order valence-corrected chi connectivity index (χ0v) is 17.9. The summed E-state index contributed by atoms with van der Waals surface area (Å²) in [4.78, 5) is 19.8. The third-order valence-electron chi connectivity index (χ3n) is 4.71. The Labute approximate surface area is 175 Å². The molecule has 1 aromatic heterocycles. The fourth-order valence-electron chi connectivity index (χ4n) is 3.19. The van der Waals surface area contributed by atoms with Crippen LogP contribution in [0.5, 0.6) is 0 Å². The highest BCUT2D eigenvalue weighted by atomic mass is 79.9. The summed E-state index contributed by atoms with van der Waals surface area (Å²) in [6, 6.07) is 11.2. The molecule has 1 atom stereocenters. The van der Waals surface area contributed by atoms with E-state index < -0.39 is 0 Å². The van der Waals surface area contributed by atoms with Gasteiger partial charge in [0, 0.05) is 21.7 Å². The van der Waals surface area contributed by atoms with Crippen molar-refractivity contribution in [2.24, 2.45) is 0 Å². The first kappa shape index (κ1) is 18.9. The van der Waals surface area contributed by atoms with Gasteiger partial charge in [-0.3, -0.25) is 9.69 Å². The number of rotatable bonds is 4. The molecule has 0 bridgehead atoms. The lowest BCUT2D eigenvalue weighted by atomic mass is 10.2. The van der Waals surface area contributed by atoms with Gasteiger partial charge in [-0.1, -0.05) is 38.9 Å². The zero-order chi connectivity index (χ0) is 19.0. The monoisotopic (exact) mass is 464 g/mol. The van der Waals surface area contributed by atoms with Gasteiger partial charge in [-0.2, -0.15) is 0 Å². The van der Waals surface area contributed by atoms with Crippen molar-refractivity contribution >= 4 is 60.1 Å². The quantitative estimate of drug-likeness (QED) is 0.485. The van der Waals surface area contributed by atoms with Crippen LogP contribution in [0, 0.1) is 6.92 Å². The molecule has 0 spiro atoms. The van der Waals surface area contributed by atoms with Crippen LogP contribution in [0.15, 0.2) is 40.9 Å². The zero-order valence-electron chi connectivity index (χ0n) is 14.7. The van der Waals surface area contributed by atoms with Crippen LogP contribution in [-0.2, 0) is 4.74 Å². The molecule has 4 rings (SSSR count). The second-order valence-corrected chi connectivity index (χ2v) is 8.91. The van der Waals surface area contributed by atoms with E-state index in [1.807, 2.05) is 43.3 Å². The van der Waals surface area contributed by atoms with Crippen molar-refractivity contribution in [2.45, 2.75) is 25.9 Å². The molecule has 2 aromatic carbocycles. The average Bonchev–Trinajstić information content (AvgIpc) is 3.33. The van der Waals surface area contributed by atoms with Crippen LogP contribution in [0.1, 0.15) is 28.8 Å². The third-order valence-corrected chi connectivity index (χ3v) is 6.70. The molecule has 0 N–H and O–H groups in total. The number of aryl methyl sites for hydroxylation is 1. The van der Waals surface area contributed by atoms with Crippen LogP contribution < -0.4 is 4.90 Å². The molecule has 3 aromatic rings. The van der Waals surface area contributed by atoms with Gasteiger partial charge in [-0.15, -0.1) is 0 Å². The summed E-state index contributed by atoms with van der Waals surface area (Å²) in [5, 5.41) is 1.36. The van der Waals surface area contributed by atoms with E-state index in [1.165, 1.54) is 11.3 Å². The number of carbonyl (C=O) groups excluding carboxylic acids is 1. The van der Waals surface area contributed by atoms with Crippen LogP contribution in [0.2, 0.25) is 5.02 Å². The predicted octanol–water partition coefficient (Wildman–Crippen LogP) is 5.85. The highest BCUT2D eigenvalue weighted by Crippen LogP contribution is 2.34. The van der Waals surface area contributed by atoms with Gasteiger partial charge in [0.25, 0.3) is 5.91 Å². The number of nitrogens with zero attached hydrogens (tertiary/aromatic N) is 2. The van der Waals surface area contributed by atoms with Gasteiger partial charge >= 0.3 is 0 Å². The number of halogens is 2. The van der Waals surface area contributed by atoms with Gasteiger partial charge in [0.1, 0.15) is 0 Å². The third kappa shape index (κ3) is 3.90. The Balaban J connectivity index is 1.74. The summed E-state index contributed by atoms with van der Waals surface area (Å²) in [6.07, 6.45) is 2.03. The molecule has 1 unspecified atom stereocenters. The predicted molar refractivity (Wildman–Crippen MR) is 114 cm³/mol. The minimum atomic E-state index is -0.0687. The van der Waals surface area contributed by atoms with E-state index in [0.717, 1.165) is 39.7 Å². The van der Waals surface area contributed by atoms with Gasteiger partial charge < -0.3 is 4.74 Å². The van der Waals surface area contributed by atoms with Crippen molar-refractivity contribution < 1.29 is 9.53 Å². The fraction of sp³-hybridized carbons (Fsp3) is 0.300. The summed E-state index contributed by atoms with van der Waals surface area (Å²) in [6.45, 7) is 3.20. The van der Waals surface area contributed by atoms with Crippen LogP contribution in [0.3, 0.4) is 0 Å². The Morgan fingerprint density at radius 3 is 2.81 bits per heavy atom. The number of fused-ring (bicyclic) bond motifs is 1. The first-order valence-corrected chi connectivity index (χ1v) is 10.8. The van der Waals surface area contributed by atoms with E-state index >= 15 is 0 Å². The lowest BCUT2D eigenvalue weighted by Gasteiger charge is -2.23. The first-order valence-electron chi connectivity index (χ1n) is 8.77. The number of thiazole rings is 1. The SMILES string of the molecule is Cc1c(Cl)ccc2sc(N(CC3CCCO3)C(=O)c3ccc(Br)cc3)nc12. The number of aromatic nitrogens is 1. The maximum atomic E-state index is 13.3. The standard InChI is InChI=1S/C20H18BrClN2O2S/c1-12-16(22)8-9-17-18(12)23-20(27-17)24(11-15-3-2-10-26-15)19(25)13-4-6-14(21)7-5-13/h4-9,15H,2-3,10-11H2,1H3. The van der Waals surface area contributed by atoms with Gasteiger partial charge in [0.05, 0.1) is 22.9 Å². The fourth-order valence-corrected chi connectivity index (χ4v) is 4.64. The van der Waals surface area contributed by atoms with E-state index in [2.05, 4.69) is 15.9 Å². The second-order valence-electron chi connectivity index (χ2n) is 6.57. The largest absolute Gasteiger partial charge is 0.376 e. The summed E-state index contributed by atoms with van der Waals surface area (Å²) in [7, 11) is 0. The summed E-state index contributed by atoms with van der Waals surface area (Å²) in [5.74, 6) is -0.0687. The lowest BCUT2D eigenvalue weighted by Crippen LogP contribution is -2.37. The van der Waals surface area contributed by atoms with Crippen molar-refractivity contribution in [2.75, 3.05) is 18.1 Å². The van der Waals surface area contributed by atoms with Crippen molar-refractivity contribution in [3.63, 3.8) is 0 Å². The van der Waals surface area contributed by atoms with Crippen LogP contribution in [0.4, 0.5) is 5.13 Å². The van der Waals surface area contributed by atoms with Gasteiger partial charge in [0.2, 0.25) is 0 Å². The van der Waals surface area contributed by atoms with Crippen molar-refractivity contribution in [3.8, 4) is 0 Å². The smallest absolute Gasteiger partial charge is 0.260 e. The van der Waals surface area contributed by atoms with Crippen LogP contribution >= 0.6 is 38.9 Å². The van der Waals surface area contributed by atoms with Gasteiger partial charge in [-0.05, 0) is 61.7 Å². The lowest BCUT2D eigenvalue weighted by molar-refractivity contribution is 0.0917. The van der Waals surface area contributed by atoms with Crippen LogP contribution in [-0.4, -0.2) is 30.1 Å². The highest BCUT2D eigenvalue weighted by molar-refractivity contribution is 9.10. The summed E-state index contributed by atoms with van der Waals surface area (Å²) < 4.78 is 7.74. The molecule has 140 valence electrons. The van der Waals surface area contributed by atoms with Crippen LogP contribution in [0.25, 0.3) is 10.2 Å². The highest BCUT2D eigenvalue weighted by Gasteiger charge is 2.27. The van der Waals surface area contributed by atoms with E-state index in [-0.39, 0.29) is 12.0 Å². The first-order chi connectivity index (χ1) is 13.0. The van der Waals surface area contributed by atoms with Crippen molar-refractivity contribution in [1.82, 2.24) is 4.98 Å². The maximum Gasteiger partial charge on any atom is 0.260 e. The minimum Gasteiger partial charge on any atom is -0.376 e. The number of carbonyl (C=O) groups is 1. The summed E-state index contributed by atoms with van der Waals surface area (Å²) in [5.41, 5.74) is 2.42. The average molecular weight is 466 g/mol. The molecule has 0 aliphatic carbocycles. The Bertz CT molecular complexity index is 984. The number of amides is 1. The van der Waals surface area contributed by atoms with Crippen molar-refractivity contribution in [1.29, 1.82) is 0 Å². The molecule has 1 saturated heterocycles. The maximum absolute atomic E-state index is 13.3. The molecule has 7 heteroatoms. The molecule has 2 heterocycles. The van der Waals surface area contributed by atoms with Crippen molar-refractivity contribution in [3.05, 3.63) is 57.0 Å². The van der Waals surface area contributed by atoms with E-state index in [1.54, 1.807) is 4.90 Å². The molecular formula is C20H18BrClN2O2S. The molecule has 1 aliphatic heterocycles. The topological polar surface area (TPSA) is 42.4 Å². The minimum absolute atomic E-state index is 0.0427. The molecule has 0 radical (unpaired) electrons. The van der Waals surface area contributed by atoms with Gasteiger partial charge in [0.15, 0.2) is 5.13 Å². The summed E-state index contributed by atoms with van der Waals surface area (Å²) >= 11 is 11.2. The van der Waals surface area contributed by atoms with E-state index in [0.29, 0.717) is 22.3 Å². The van der Waals surface area contributed by atoms with E-state index in [9.17, 15) is 4.79 Å². The van der Waals surface area contributed by atoms with E-state index in [4.69, 9.17) is 21.3 Å². The molecule has 1 aliphatic rings. The second kappa shape index (κ2) is 7.87. The Kier molecular flexibility index (Phi) is 5.50. The Morgan fingerprint density at radius 1 is 1.33 bits per heavy atom. The molecular weight excluding hydrogens is 448 g/mol. The molecule has 1 amide bonds.